The Balaban J connectivity index is 1.40. The van der Waals surface area contributed by atoms with Gasteiger partial charge in [0.05, 0.1) is 25.3 Å². The molecule has 2 N–H and O–H groups in total. The smallest absolute Gasteiger partial charge is 0.319 e. The van der Waals surface area contributed by atoms with Gasteiger partial charge in [0.25, 0.3) is 5.56 Å². The van der Waals surface area contributed by atoms with Gasteiger partial charge in [0.2, 0.25) is 0 Å². The molecule has 0 unspecified atom stereocenters. The number of rotatable bonds is 6. The minimum absolute atomic E-state index is 0.00242. The number of benzene rings is 2. The van der Waals surface area contributed by atoms with Crippen molar-refractivity contribution in [3.63, 3.8) is 0 Å². The summed E-state index contributed by atoms with van der Waals surface area (Å²) >= 11 is 0. The van der Waals surface area contributed by atoms with Gasteiger partial charge < -0.3 is 29.6 Å². The Morgan fingerprint density at radius 3 is 2.39 bits per heavy atom. The minimum atomic E-state index is -0.291. The molecule has 1 aliphatic rings. The number of nitrogens with zero attached hydrogens (tertiary/aromatic N) is 3. The fraction of sp³-hybridized carbons (Fsp3) is 0.375. The monoisotopic (exact) mass is 451 g/mol. The van der Waals surface area contributed by atoms with Gasteiger partial charge in [-0.3, -0.25) is 4.79 Å². The lowest BCUT2D eigenvalue weighted by Gasteiger charge is -2.33. The maximum absolute atomic E-state index is 13.0. The van der Waals surface area contributed by atoms with Crippen LogP contribution in [0.4, 0.5) is 16.3 Å². The number of amides is 2. The van der Waals surface area contributed by atoms with E-state index in [2.05, 4.69) is 15.6 Å². The highest BCUT2D eigenvalue weighted by Gasteiger charge is 2.24. The third kappa shape index (κ3) is 4.87. The lowest BCUT2D eigenvalue weighted by molar-refractivity contribution is 0.246. The van der Waals surface area contributed by atoms with Crippen LogP contribution in [0.15, 0.2) is 47.3 Å². The highest BCUT2D eigenvalue weighted by atomic mass is 16.5. The Bertz CT molecular complexity index is 1180. The van der Waals surface area contributed by atoms with Crippen LogP contribution in [-0.2, 0) is 6.54 Å². The molecule has 0 aliphatic carbocycles. The Labute approximate surface area is 192 Å². The molecule has 2 aromatic carbocycles. The summed E-state index contributed by atoms with van der Waals surface area (Å²) in [7, 11) is 3.12. The largest absolute Gasteiger partial charge is 0.497 e. The lowest BCUT2D eigenvalue weighted by Crippen LogP contribution is -2.47. The third-order valence-corrected chi connectivity index (χ3v) is 5.89. The van der Waals surface area contributed by atoms with E-state index in [1.807, 2.05) is 36.1 Å². The summed E-state index contributed by atoms with van der Waals surface area (Å²) in [5, 5.41) is 5.86. The van der Waals surface area contributed by atoms with Crippen molar-refractivity contribution in [2.24, 2.45) is 0 Å². The van der Waals surface area contributed by atoms with E-state index < -0.39 is 0 Å². The molecule has 9 nitrogen and oxygen atoms in total. The van der Waals surface area contributed by atoms with Gasteiger partial charge in [-0.1, -0.05) is 12.1 Å². The SMILES string of the molecule is CCn1c(=O)c(N2CCC(NC(=O)Nc3cc(OC)cc(OC)c3)CC2)nc2ccccc21. The average Bonchev–Trinajstić information content (AvgIpc) is 2.84. The van der Waals surface area contributed by atoms with Crippen molar-refractivity contribution in [3.05, 3.63) is 52.8 Å². The number of carbonyl (C=O) groups excluding carboxylic acids is 1. The number of methoxy groups -OCH3 is 2. The van der Waals surface area contributed by atoms with Crippen LogP contribution in [0.25, 0.3) is 11.0 Å². The normalized spacial score (nSPS) is 14.2. The number of hydrogen-bond acceptors (Lipinski definition) is 6. The standard InChI is InChI=1S/C24H29N5O4/c1-4-29-21-8-6-5-7-20(21)27-22(23(29)30)28-11-9-16(10-12-28)25-24(31)26-17-13-18(32-2)15-19(14-17)33-3/h5-8,13-16H,4,9-12H2,1-3H3,(H2,25,26,31). The van der Waals surface area contributed by atoms with Gasteiger partial charge in [0.1, 0.15) is 11.5 Å². The average molecular weight is 452 g/mol. The maximum atomic E-state index is 13.0. The topological polar surface area (TPSA) is 97.7 Å². The van der Waals surface area contributed by atoms with Gasteiger partial charge in [0.15, 0.2) is 5.82 Å². The predicted octanol–water partition coefficient (Wildman–Crippen LogP) is 3.22. The Hall–Kier alpha value is -3.75. The van der Waals surface area contributed by atoms with Crippen LogP contribution < -0.4 is 30.6 Å². The summed E-state index contributed by atoms with van der Waals surface area (Å²) in [5.41, 5.74) is 2.16. The molecule has 2 amide bonds. The fourth-order valence-electron chi connectivity index (χ4n) is 4.17. The molecule has 33 heavy (non-hydrogen) atoms. The van der Waals surface area contributed by atoms with E-state index in [0.717, 1.165) is 23.9 Å². The number of anilines is 2. The van der Waals surface area contributed by atoms with Gasteiger partial charge in [0, 0.05) is 49.6 Å². The van der Waals surface area contributed by atoms with Crippen molar-refractivity contribution in [1.29, 1.82) is 0 Å². The fourth-order valence-corrected chi connectivity index (χ4v) is 4.17. The zero-order valence-electron chi connectivity index (χ0n) is 19.1. The first-order valence-corrected chi connectivity index (χ1v) is 11.1. The van der Waals surface area contributed by atoms with Crippen molar-refractivity contribution in [1.82, 2.24) is 14.9 Å². The zero-order chi connectivity index (χ0) is 23.4. The van der Waals surface area contributed by atoms with Gasteiger partial charge >= 0.3 is 6.03 Å². The molecule has 1 saturated heterocycles. The van der Waals surface area contributed by atoms with Gasteiger partial charge in [-0.2, -0.15) is 0 Å². The number of ether oxygens (including phenoxy) is 2. The number of piperidine rings is 1. The van der Waals surface area contributed by atoms with E-state index >= 15 is 0 Å². The summed E-state index contributed by atoms with van der Waals surface area (Å²) in [6, 6.07) is 12.6. The van der Waals surface area contributed by atoms with Crippen molar-refractivity contribution >= 4 is 28.6 Å². The zero-order valence-corrected chi connectivity index (χ0v) is 19.1. The number of aromatic nitrogens is 2. The molecular formula is C24H29N5O4. The molecule has 1 fully saturated rings. The van der Waals surface area contributed by atoms with Gasteiger partial charge in [-0.15, -0.1) is 0 Å². The van der Waals surface area contributed by atoms with Crippen molar-refractivity contribution in [2.75, 3.05) is 37.5 Å². The lowest BCUT2D eigenvalue weighted by atomic mass is 10.1. The number of fused-ring (bicyclic) bond motifs is 1. The van der Waals surface area contributed by atoms with Crippen molar-refractivity contribution < 1.29 is 14.3 Å². The first-order valence-electron chi connectivity index (χ1n) is 11.1. The van der Waals surface area contributed by atoms with Crippen molar-refractivity contribution in [2.45, 2.75) is 32.4 Å². The molecule has 0 bridgehead atoms. The second-order valence-electron chi connectivity index (χ2n) is 7.93. The highest BCUT2D eigenvalue weighted by Crippen LogP contribution is 2.26. The molecule has 3 aromatic rings. The summed E-state index contributed by atoms with van der Waals surface area (Å²) in [5.74, 6) is 1.67. The molecule has 9 heteroatoms. The first-order chi connectivity index (χ1) is 16.0. The van der Waals surface area contributed by atoms with Gasteiger partial charge in [-0.25, -0.2) is 9.78 Å². The molecule has 4 rings (SSSR count). The van der Waals surface area contributed by atoms with Crippen molar-refractivity contribution in [3.8, 4) is 11.5 Å². The Morgan fingerprint density at radius 1 is 1.09 bits per heavy atom. The van der Waals surface area contributed by atoms with E-state index in [-0.39, 0.29) is 17.6 Å². The Morgan fingerprint density at radius 2 is 1.76 bits per heavy atom. The number of aryl methyl sites for hydroxylation is 1. The molecular weight excluding hydrogens is 422 g/mol. The second kappa shape index (κ2) is 9.81. The molecule has 0 atom stereocenters. The summed E-state index contributed by atoms with van der Waals surface area (Å²) < 4.78 is 12.3. The van der Waals surface area contributed by atoms with Crippen LogP contribution in [0.3, 0.4) is 0 Å². The molecule has 1 aromatic heterocycles. The summed E-state index contributed by atoms with van der Waals surface area (Å²) in [6.45, 7) is 3.83. The quantitative estimate of drug-likeness (QED) is 0.597. The molecule has 0 saturated carbocycles. The van der Waals surface area contributed by atoms with E-state index in [1.54, 1.807) is 37.0 Å². The number of urea groups is 1. The third-order valence-electron chi connectivity index (χ3n) is 5.89. The minimum Gasteiger partial charge on any atom is -0.497 e. The van der Waals surface area contributed by atoms with Crippen LogP contribution in [0.1, 0.15) is 19.8 Å². The Kier molecular flexibility index (Phi) is 6.67. The van der Waals surface area contributed by atoms with E-state index in [1.165, 1.54) is 0 Å². The number of para-hydroxylation sites is 2. The van der Waals surface area contributed by atoms with Crippen LogP contribution in [0.5, 0.6) is 11.5 Å². The number of carbonyl (C=O) groups is 1. The summed E-state index contributed by atoms with van der Waals surface area (Å²) in [4.78, 5) is 32.2. The van der Waals surface area contributed by atoms with Gasteiger partial charge in [-0.05, 0) is 31.9 Å². The first kappa shape index (κ1) is 22.4. The van der Waals surface area contributed by atoms with E-state index in [0.29, 0.717) is 42.6 Å². The van der Waals surface area contributed by atoms with Crippen LogP contribution in [-0.4, -0.2) is 48.9 Å². The van der Waals surface area contributed by atoms with Crippen LogP contribution in [0.2, 0.25) is 0 Å². The molecule has 0 radical (unpaired) electrons. The van der Waals surface area contributed by atoms with E-state index in [9.17, 15) is 9.59 Å². The molecule has 2 heterocycles. The second-order valence-corrected chi connectivity index (χ2v) is 7.93. The van der Waals surface area contributed by atoms with Crippen LogP contribution >= 0.6 is 0 Å². The molecule has 0 spiro atoms. The maximum Gasteiger partial charge on any atom is 0.319 e. The highest BCUT2D eigenvalue weighted by molar-refractivity contribution is 5.90. The summed E-state index contributed by atoms with van der Waals surface area (Å²) in [6.07, 6.45) is 1.43. The number of hydrogen-bond donors (Lipinski definition) is 2. The molecule has 1 aliphatic heterocycles. The van der Waals surface area contributed by atoms with E-state index in [4.69, 9.17) is 9.47 Å². The molecule has 174 valence electrons. The predicted molar refractivity (Wildman–Crippen MR) is 129 cm³/mol. The number of nitrogens with one attached hydrogen (secondary N) is 2. The van der Waals surface area contributed by atoms with Crippen LogP contribution in [0, 0.1) is 0 Å².